The van der Waals surface area contributed by atoms with E-state index >= 15 is 0 Å². The molecule has 0 aliphatic carbocycles. The van der Waals surface area contributed by atoms with Gasteiger partial charge in [-0.15, -0.1) is 0 Å². The number of sulfonamides is 1. The number of aryl methyl sites for hydroxylation is 1. The summed E-state index contributed by atoms with van der Waals surface area (Å²) in [4.78, 5) is 54.1. The number of hydrogen-bond acceptors (Lipinski definition) is 9. The summed E-state index contributed by atoms with van der Waals surface area (Å²) in [5, 5.41) is 5.80. The summed E-state index contributed by atoms with van der Waals surface area (Å²) in [5.41, 5.74) is 0.835. The molecule has 244 valence electrons. The van der Waals surface area contributed by atoms with E-state index < -0.39 is 57.6 Å². The van der Waals surface area contributed by atoms with Gasteiger partial charge in [-0.1, -0.05) is 29.8 Å². The molecule has 12 nitrogen and oxygen atoms in total. The van der Waals surface area contributed by atoms with Crippen molar-refractivity contribution in [3.05, 3.63) is 59.7 Å². The lowest BCUT2D eigenvalue weighted by Gasteiger charge is -2.28. The van der Waals surface area contributed by atoms with Crippen molar-refractivity contribution >= 4 is 39.6 Å². The highest BCUT2D eigenvalue weighted by atomic mass is 32.2. The molecule has 1 unspecified atom stereocenters. The number of rotatable bonds is 9. The van der Waals surface area contributed by atoms with Gasteiger partial charge in [0.15, 0.2) is 0 Å². The van der Waals surface area contributed by atoms with Crippen LogP contribution in [-0.2, 0) is 40.3 Å². The maximum absolute atomic E-state index is 13.5. The third-order valence-corrected chi connectivity index (χ3v) is 9.62. The van der Waals surface area contributed by atoms with Crippen molar-refractivity contribution in [3.8, 4) is 0 Å². The molecule has 45 heavy (non-hydrogen) atoms. The lowest BCUT2D eigenvalue weighted by molar-refractivity contribution is -0.145. The summed E-state index contributed by atoms with van der Waals surface area (Å²) in [6.07, 6.45) is 1.28. The van der Waals surface area contributed by atoms with Crippen molar-refractivity contribution in [1.29, 1.82) is 0 Å². The number of benzene rings is 2. The molecule has 4 rings (SSSR count). The fourth-order valence-corrected chi connectivity index (χ4v) is 7.13. The van der Waals surface area contributed by atoms with Crippen LogP contribution in [0.15, 0.2) is 53.4 Å². The SMILES string of the molecule is COC(=O)[C@H](Cc1cccc(N(C(=O)OC(C)(C)C)C(=O)C2CCCN2)c1)NC(=O)[C@@H]1CCCN1S(=O)(=O)c1ccc(C)cc1. The first-order valence-electron chi connectivity index (χ1n) is 15.1. The summed E-state index contributed by atoms with van der Waals surface area (Å²) < 4.78 is 38.5. The van der Waals surface area contributed by atoms with Gasteiger partial charge in [-0.25, -0.2) is 22.9 Å². The number of amides is 3. The predicted molar refractivity (Wildman–Crippen MR) is 167 cm³/mol. The van der Waals surface area contributed by atoms with Crippen LogP contribution in [0, 0.1) is 6.92 Å². The molecule has 2 saturated heterocycles. The molecule has 2 aliphatic rings. The zero-order valence-corrected chi connectivity index (χ0v) is 27.2. The van der Waals surface area contributed by atoms with Crippen molar-refractivity contribution in [1.82, 2.24) is 14.9 Å². The van der Waals surface area contributed by atoms with E-state index in [0.717, 1.165) is 16.9 Å². The first-order chi connectivity index (χ1) is 21.2. The first kappa shape index (κ1) is 34.1. The Morgan fingerprint density at radius 3 is 2.40 bits per heavy atom. The highest BCUT2D eigenvalue weighted by Gasteiger charge is 2.41. The van der Waals surface area contributed by atoms with Crippen LogP contribution >= 0.6 is 0 Å². The van der Waals surface area contributed by atoms with E-state index in [-0.39, 0.29) is 23.5 Å². The Morgan fingerprint density at radius 1 is 1.07 bits per heavy atom. The fourth-order valence-electron chi connectivity index (χ4n) is 5.48. The Kier molecular flexibility index (Phi) is 10.7. The van der Waals surface area contributed by atoms with Crippen molar-refractivity contribution in [3.63, 3.8) is 0 Å². The number of carbonyl (C=O) groups excluding carboxylic acids is 4. The highest BCUT2D eigenvalue weighted by Crippen LogP contribution is 2.27. The molecular weight excluding hydrogens is 600 g/mol. The van der Waals surface area contributed by atoms with Crippen LogP contribution in [0.4, 0.5) is 10.5 Å². The number of anilines is 1. The number of ether oxygens (including phenoxy) is 2. The fraction of sp³-hybridized carbons (Fsp3) is 0.500. The third kappa shape index (κ3) is 8.27. The average Bonchev–Trinajstić information content (AvgIpc) is 3.70. The Bertz CT molecular complexity index is 1510. The Hall–Kier alpha value is -3.81. The molecule has 2 fully saturated rings. The second-order valence-corrected chi connectivity index (χ2v) is 14.2. The second-order valence-electron chi connectivity index (χ2n) is 12.3. The van der Waals surface area contributed by atoms with Crippen molar-refractivity contribution in [2.24, 2.45) is 0 Å². The number of carbonyl (C=O) groups is 4. The van der Waals surface area contributed by atoms with Gasteiger partial charge in [-0.3, -0.25) is 9.59 Å². The molecule has 0 radical (unpaired) electrons. The van der Waals surface area contributed by atoms with Crippen LogP contribution < -0.4 is 15.5 Å². The lowest BCUT2D eigenvalue weighted by Crippen LogP contribution is -2.51. The summed E-state index contributed by atoms with van der Waals surface area (Å²) >= 11 is 0. The lowest BCUT2D eigenvalue weighted by atomic mass is 10.0. The van der Waals surface area contributed by atoms with Gasteiger partial charge in [0, 0.05) is 13.0 Å². The molecule has 13 heteroatoms. The average molecular weight is 643 g/mol. The predicted octanol–water partition coefficient (Wildman–Crippen LogP) is 3.07. The molecule has 3 atom stereocenters. The van der Waals surface area contributed by atoms with Crippen LogP contribution in [0.3, 0.4) is 0 Å². The monoisotopic (exact) mass is 642 g/mol. The minimum absolute atomic E-state index is 0.0400. The van der Waals surface area contributed by atoms with Gasteiger partial charge in [0.05, 0.1) is 23.7 Å². The largest absolute Gasteiger partial charge is 0.467 e. The van der Waals surface area contributed by atoms with Gasteiger partial charge in [0.25, 0.3) is 5.91 Å². The smallest absolute Gasteiger partial charge is 0.421 e. The summed E-state index contributed by atoms with van der Waals surface area (Å²) in [5.74, 6) is -1.80. The standard InChI is InChI=1S/C32H42N4O8S/c1-21-13-15-24(16-14-21)45(41,42)35-18-8-12-27(35)28(37)34-26(30(39)43-5)20-22-9-6-10-23(19-22)36(31(40)44-32(2,3)4)29(38)25-11-7-17-33-25/h6,9-10,13-16,19,25-27,33H,7-8,11-12,17-18,20H2,1-5H3,(H,34,37)/t25?,26-,27-/m0/s1. The molecule has 2 aromatic rings. The molecular formula is C32H42N4O8S. The zero-order valence-electron chi connectivity index (χ0n) is 26.4. The Balaban J connectivity index is 1.56. The summed E-state index contributed by atoms with van der Waals surface area (Å²) in [6, 6.07) is 10.2. The summed E-state index contributed by atoms with van der Waals surface area (Å²) in [6.45, 7) is 7.80. The van der Waals surface area contributed by atoms with E-state index in [1.807, 2.05) is 6.92 Å². The van der Waals surface area contributed by atoms with Crippen molar-refractivity contribution in [2.45, 2.75) is 88.4 Å². The molecule has 0 bridgehead atoms. The number of imide groups is 1. The van der Waals surface area contributed by atoms with Gasteiger partial charge in [-0.2, -0.15) is 4.31 Å². The van der Waals surface area contributed by atoms with E-state index in [1.54, 1.807) is 57.2 Å². The molecule has 0 aromatic heterocycles. The van der Waals surface area contributed by atoms with Gasteiger partial charge < -0.3 is 20.1 Å². The first-order valence-corrected chi connectivity index (χ1v) is 16.5. The topological polar surface area (TPSA) is 151 Å². The normalized spacial score (nSPS) is 19.5. The summed E-state index contributed by atoms with van der Waals surface area (Å²) in [7, 11) is -2.76. The van der Waals surface area contributed by atoms with Gasteiger partial charge in [-0.05, 0) is 89.8 Å². The van der Waals surface area contributed by atoms with Crippen LogP contribution in [-0.4, -0.2) is 80.5 Å². The van der Waals surface area contributed by atoms with E-state index in [9.17, 15) is 27.6 Å². The van der Waals surface area contributed by atoms with E-state index in [0.29, 0.717) is 31.4 Å². The van der Waals surface area contributed by atoms with Crippen molar-refractivity contribution < 1.29 is 37.1 Å². The van der Waals surface area contributed by atoms with E-state index in [1.165, 1.54) is 23.5 Å². The molecule has 2 heterocycles. The maximum Gasteiger partial charge on any atom is 0.421 e. The molecule has 2 aromatic carbocycles. The minimum atomic E-state index is -3.95. The number of nitrogens with zero attached hydrogens (tertiary/aromatic N) is 2. The van der Waals surface area contributed by atoms with Crippen LogP contribution in [0.25, 0.3) is 0 Å². The second kappa shape index (κ2) is 14.1. The molecule has 2 aliphatic heterocycles. The number of nitrogens with one attached hydrogen (secondary N) is 2. The number of methoxy groups -OCH3 is 1. The highest BCUT2D eigenvalue weighted by molar-refractivity contribution is 7.89. The van der Waals surface area contributed by atoms with Crippen LogP contribution in [0.2, 0.25) is 0 Å². The van der Waals surface area contributed by atoms with E-state index in [2.05, 4.69) is 10.6 Å². The van der Waals surface area contributed by atoms with Gasteiger partial charge in [0.2, 0.25) is 15.9 Å². The Labute approximate surface area is 264 Å². The van der Waals surface area contributed by atoms with Gasteiger partial charge >= 0.3 is 12.1 Å². The molecule has 3 amide bonds. The quantitative estimate of drug-likeness (QED) is 0.393. The molecule has 0 saturated carbocycles. The molecule has 0 spiro atoms. The number of hydrogen-bond donors (Lipinski definition) is 2. The minimum Gasteiger partial charge on any atom is -0.467 e. The third-order valence-electron chi connectivity index (χ3n) is 7.70. The zero-order chi connectivity index (χ0) is 32.9. The molecule has 2 N–H and O–H groups in total. The van der Waals surface area contributed by atoms with Crippen LogP contribution in [0.5, 0.6) is 0 Å². The maximum atomic E-state index is 13.5. The Morgan fingerprint density at radius 2 is 1.78 bits per heavy atom. The van der Waals surface area contributed by atoms with Gasteiger partial charge in [0.1, 0.15) is 17.7 Å². The van der Waals surface area contributed by atoms with E-state index in [4.69, 9.17) is 9.47 Å². The number of esters is 1. The van der Waals surface area contributed by atoms with Crippen molar-refractivity contribution in [2.75, 3.05) is 25.1 Å². The van der Waals surface area contributed by atoms with Crippen LogP contribution in [0.1, 0.15) is 57.6 Å².